The minimum Gasteiger partial charge on any atom is -0.341 e. The molecule has 3 nitrogen and oxygen atoms in total. The van der Waals surface area contributed by atoms with Crippen molar-refractivity contribution < 1.29 is 0 Å². The molecule has 0 fully saturated rings. The third-order valence-corrected chi connectivity index (χ3v) is 7.00. The quantitative estimate of drug-likeness (QED) is 0.285. The Balaban J connectivity index is 1.80. The lowest BCUT2D eigenvalue weighted by molar-refractivity contribution is 1.30. The Hall–Kier alpha value is -2.81. The Labute approximate surface area is 170 Å². The molecule has 0 aliphatic carbocycles. The molecule has 1 heterocycles. The highest BCUT2D eigenvalue weighted by Crippen LogP contribution is 2.30. The lowest BCUT2D eigenvalue weighted by Gasteiger charge is -2.22. The molecule has 0 bridgehead atoms. The lowest BCUT2D eigenvalue weighted by Crippen LogP contribution is -2.29. The fraction of sp³-hybridized carbons (Fsp3) is 0.0435. The summed E-state index contributed by atoms with van der Waals surface area (Å²) in [4.78, 5) is 9.23. The zero-order valence-electron chi connectivity index (χ0n) is 15.5. The van der Waals surface area contributed by atoms with Gasteiger partial charge in [-0.2, -0.15) is 0 Å². The third-order valence-electron chi connectivity index (χ3n) is 4.27. The minimum absolute atomic E-state index is 0.752. The highest BCUT2D eigenvalue weighted by Gasteiger charge is 2.18. The van der Waals surface area contributed by atoms with Crippen molar-refractivity contribution in [1.29, 1.82) is 0 Å². The van der Waals surface area contributed by atoms with Gasteiger partial charge in [-0.3, -0.25) is 0 Å². The number of benzene rings is 3. The Morgan fingerprint density at radius 3 is 2.04 bits per heavy atom. The van der Waals surface area contributed by atoms with E-state index in [0.717, 1.165) is 16.5 Å². The van der Waals surface area contributed by atoms with Gasteiger partial charge in [0.2, 0.25) is 5.13 Å². The van der Waals surface area contributed by atoms with Crippen LogP contribution < -0.4 is 15.7 Å². The molecule has 1 N–H and O–H groups in total. The molecule has 0 unspecified atom stereocenters. The van der Waals surface area contributed by atoms with Crippen molar-refractivity contribution in [3.63, 3.8) is 0 Å². The molecular formula is C23H20N3PS. The Bertz CT molecular complexity index is 1010. The van der Waals surface area contributed by atoms with Crippen molar-refractivity contribution in [2.75, 3.05) is 0 Å². The van der Waals surface area contributed by atoms with Gasteiger partial charge < -0.3 is 5.09 Å². The Kier molecular flexibility index (Phi) is 5.91. The molecule has 28 heavy (non-hydrogen) atoms. The van der Waals surface area contributed by atoms with Crippen LogP contribution in [0, 0.1) is 6.92 Å². The van der Waals surface area contributed by atoms with Crippen LogP contribution in [-0.2, 0) is 0 Å². The van der Waals surface area contributed by atoms with Crippen molar-refractivity contribution in [3.8, 4) is 0 Å². The van der Waals surface area contributed by atoms with E-state index in [1.54, 1.807) is 6.20 Å². The van der Waals surface area contributed by atoms with E-state index in [-0.39, 0.29) is 0 Å². The molecule has 138 valence electrons. The van der Waals surface area contributed by atoms with Crippen LogP contribution in [0.5, 0.6) is 0 Å². The molecule has 1 aromatic heterocycles. The summed E-state index contributed by atoms with van der Waals surface area (Å²) >= 11 is 1.54. The smallest absolute Gasteiger partial charge is 0.211 e. The summed E-state index contributed by atoms with van der Waals surface area (Å²) in [6.07, 6.45) is 1.79. The van der Waals surface area contributed by atoms with E-state index in [1.165, 1.54) is 27.5 Å². The molecule has 3 aromatic carbocycles. The molecule has 4 aromatic rings. The fourth-order valence-electron chi connectivity index (χ4n) is 2.89. The van der Waals surface area contributed by atoms with E-state index in [9.17, 15) is 0 Å². The van der Waals surface area contributed by atoms with Crippen LogP contribution in [0.1, 0.15) is 11.1 Å². The van der Waals surface area contributed by atoms with Gasteiger partial charge in [-0.05, 0) is 12.5 Å². The van der Waals surface area contributed by atoms with E-state index >= 15 is 0 Å². The second kappa shape index (κ2) is 8.92. The summed E-state index contributed by atoms with van der Waals surface area (Å²) in [5.41, 5.74) is 2.28. The van der Waals surface area contributed by atoms with Gasteiger partial charge >= 0.3 is 0 Å². The summed E-state index contributed by atoms with van der Waals surface area (Å²) in [6.45, 7) is 2.11. The predicted octanol–water partition coefficient (Wildman–Crippen LogP) is 5.17. The highest BCUT2D eigenvalue weighted by molar-refractivity contribution is 7.71. The van der Waals surface area contributed by atoms with Crippen LogP contribution >= 0.6 is 19.4 Å². The predicted molar refractivity (Wildman–Crippen MR) is 122 cm³/mol. The van der Waals surface area contributed by atoms with Crippen molar-refractivity contribution in [2.45, 2.75) is 6.92 Å². The molecule has 0 saturated carbocycles. The van der Waals surface area contributed by atoms with Gasteiger partial charge in [0.25, 0.3) is 0 Å². The van der Waals surface area contributed by atoms with Crippen molar-refractivity contribution >= 4 is 41.0 Å². The normalized spacial score (nSPS) is 11.6. The van der Waals surface area contributed by atoms with Gasteiger partial charge in [0.15, 0.2) is 0 Å². The van der Waals surface area contributed by atoms with Gasteiger partial charge in [-0.25, -0.2) is 9.98 Å². The van der Waals surface area contributed by atoms with Crippen LogP contribution in [0.25, 0.3) is 0 Å². The summed E-state index contributed by atoms with van der Waals surface area (Å²) in [6, 6.07) is 29.4. The summed E-state index contributed by atoms with van der Waals surface area (Å²) < 4.78 is 0. The minimum atomic E-state index is -0.812. The fourth-order valence-corrected chi connectivity index (χ4v) is 5.28. The second-order valence-corrected chi connectivity index (χ2v) is 9.01. The van der Waals surface area contributed by atoms with Gasteiger partial charge in [0, 0.05) is 27.7 Å². The lowest BCUT2D eigenvalue weighted by atomic mass is 10.1. The van der Waals surface area contributed by atoms with Crippen LogP contribution in [0.2, 0.25) is 0 Å². The second-order valence-electron chi connectivity index (χ2n) is 6.21. The third kappa shape index (κ3) is 4.36. The zero-order valence-corrected chi connectivity index (χ0v) is 17.2. The van der Waals surface area contributed by atoms with Crippen molar-refractivity contribution in [1.82, 2.24) is 10.1 Å². The molecule has 0 aliphatic rings. The SMILES string of the molecule is Cc1ccccc1/C(=N\c1nccs1)NP(c1ccccc1)c1ccccc1. The number of amidine groups is 1. The van der Waals surface area contributed by atoms with E-state index < -0.39 is 8.07 Å². The average molecular weight is 401 g/mol. The number of hydrogen-bond acceptors (Lipinski definition) is 3. The van der Waals surface area contributed by atoms with Crippen LogP contribution in [0.4, 0.5) is 5.13 Å². The maximum Gasteiger partial charge on any atom is 0.211 e. The van der Waals surface area contributed by atoms with Crippen LogP contribution in [-0.4, -0.2) is 10.8 Å². The van der Waals surface area contributed by atoms with Crippen LogP contribution in [0.3, 0.4) is 0 Å². The number of thiazole rings is 1. The first-order valence-electron chi connectivity index (χ1n) is 9.02. The molecule has 4 rings (SSSR count). The number of aromatic nitrogens is 1. The molecule has 0 amide bonds. The molecule has 5 heteroatoms. The molecule has 0 aliphatic heterocycles. The van der Waals surface area contributed by atoms with E-state index in [2.05, 4.69) is 89.8 Å². The largest absolute Gasteiger partial charge is 0.341 e. The van der Waals surface area contributed by atoms with Gasteiger partial charge in [0.05, 0.1) is 8.07 Å². The molecule has 0 atom stereocenters. The van der Waals surface area contributed by atoms with Crippen molar-refractivity contribution in [3.05, 3.63) is 108 Å². The highest BCUT2D eigenvalue weighted by atomic mass is 32.1. The van der Waals surface area contributed by atoms with Gasteiger partial charge in [-0.1, -0.05) is 84.9 Å². The van der Waals surface area contributed by atoms with Crippen molar-refractivity contribution in [2.24, 2.45) is 4.99 Å². The zero-order chi connectivity index (χ0) is 19.2. The molecule has 0 radical (unpaired) electrons. The summed E-state index contributed by atoms with van der Waals surface area (Å²) in [5.74, 6) is 0.854. The first-order chi connectivity index (χ1) is 13.8. The molecule has 0 saturated heterocycles. The summed E-state index contributed by atoms with van der Waals surface area (Å²) in [5, 5.41) is 8.97. The number of nitrogens with one attached hydrogen (secondary N) is 1. The first kappa shape index (κ1) is 18.5. The molecular weight excluding hydrogens is 381 g/mol. The topological polar surface area (TPSA) is 37.3 Å². The average Bonchev–Trinajstić information content (AvgIpc) is 3.26. The maximum absolute atomic E-state index is 4.87. The van der Waals surface area contributed by atoms with Gasteiger partial charge in [0.1, 0.15) is 5.84 Å². The standard InChI is InChI=1S/C23H20N3PS/c1-18-10-8-9-15-21(18)22(25-23-24-16-17-28-23)26-27(19-11-4-2-5-12-19)20-13-6-3-7-14-20/h2-17H,1H3,(H,24,25,26). The summed E-state index contributed by atoms with van der Waals surface area (Å²) in [7, 11) is -0.812. The monoisotopic (exact) mass is 401 g/mol. The number of aryl methyl sites for hydroxylation is 1. The number of hydrogen-bond donors (Lipinski definition) is 1. The Morgan fingerprint density at radius 1 is 0.857 bits per heavy atom. The number of rotatable bonds is 5. The number of nitrogens with zero attached hydrogens (tertiary/aromatic N) is 2. The molecule has 0 spiro atoms. The van der Waals surface area contributed by atoms with Crippen LogP contribution in [0.15, 0.2) is 101 Å². The first-order valence-corrected chi connectivity index (χ1v) is 11.2. The maximum atomic E-state index is 4.87. The van der Waals surface area contributed by atoms with E-state index in [4.69, 9.17) is 4.99 Å². The van der Waals surface area contributed by atoms with E-state index in [0.29, 0.717) is 0 Å². The van der Waals surface area contributed by atoms with E-state index in [1.807, 2.05) is 17.5 Å². The number of aliphatic imine (C=N–C) groups is 1. The van der Waals surface area contributed by atoms with Gasteiger partial charge in [-0.15, -0.1) is 11.3 Å². The Morgan fingerprint density at radius 2 is 1.46 bits per heavy atom.